The minimum Gasteiger partial charge on any atom is -0.396 e. The van der Waals surface area contributed by atoms with Crippen molar-refractivity contribution in [3.05, 3.63) is 70.8 Å². The standard InChI is InChI=1S/C27H31F6N3O3/c1-25(2,18-12-19(26(28,29)30)14-20(13-18)27(31,32)33)23(38)35(3)22-16-36(24(39)34-10-7-11-37)15-21(22)17-8-5-4-6-9-17/h4-6,8-9,12-14,21-22,37H,7,10-11,15-16H2,1-3H3,(H,34,39)/t21?,22-/m1/s1. The number of likely N-dealkylation sites (tertiary alicyclic amines) is 1. The summed E-state index contributed by atoms with van der Waals surface area (Å²) in [4.78, 5) is 29.3. The fourth-order valence-electron chi connectivity index (χ4n) is 4.79. The van der Waals surface area contributed by atoms with E-state index in [-0.39, 0.29) is 38.2 Å². The van der Waals surface area contributed by atoms with Gasteiger partial charge >= 0.3 is 18.4 Å². The summed E-state index contributed by atoms with van der Waals surface area (Å²) < 4.78 is 80.9. The highest BCUT2D eigenvalue weighted by Crippen LogP contribution is 2.40. The molecule has 214 valence electrons. The Labute approximate surface area is 222 Å². The van der Waals surface area contributed by atoms with E-state index in [1.807, 2.05) is 12.1 Å². The van der Waals surface area contributed by atoms with E-state index in [0.717, 1.165) is 5.56 Å². The highest BCUT2D eigenvalue weighted by Gasteiger charge is 2.45. The van der Waals surface area contributed by atoms with Gasteiger partial charge in [-0.15, -0.1) is 0 Å². The molecule has 1 aliphatic heterocycles. The molecule has 3 rings (SSSR count). The molecule has 1 fully saturated rings. The number of hydrogen-bond donors (Lipinski definition) is 2. The molecule has 0 aliphatic carbocycles. The van der Waals surface area contributed by atoms with Crippen molar-refractivity contribution in [1.82, 2.24) is 15.1 Å². The topological polar surface area (TPSA) is 72.9 Å². The molecule has 0 radical (unpaired) electrons. The van der Waals surface area contributed by atoms with Gasteiger partial charge in [0.1, 0.15) is 0 Å². The van der Waals surface area contributed by atoms with Crippen LogP contribution in [0.2, 0.25) is 0 Å². The number of amides is 3. The normalized spacial score (nSPS) is 18.3. The van der Waals surface area contributed by atoms with Crippen LogP contribution in [-0.4, -0.2) is 66.2 Å². The van der Waals surface area contributed by atoms with Crippen LogP contribution in [0.5, 0.6) is 0 Å². The SMILES string of the molecule is CN(C(=O)C(C)(C)c1cc(C(F)(F)F)cc(C(F)(F)F)c1)[C@@H]1CN(C(=O)NCCCO)CC1c1ccccc1. The number of benzene rings is 2. The van der Waals surface area contributed by atoms with Gasteiger partial charge < -0.3 is 20.2 Å². The van der Waals surface area contributed by atoms with E-state index in [2.05, 4.69) is 5.32 Å². The molecule has 1 saturated heterocycles. The summed E-state index contributed by atoms with van der Waals surface area (Å²) in [5.41, 5.74) is -4.35. The Morgan fingerprint density at radius 2 is 1.49 bits per heavy atom. The molecule has 1 heterocycles. The molecule has 2 N–H and O–H groups in total. The van der Waals surface area contributed by atoms with Crippen LogP contribution in [-0.2, 0) is 22.6 Å². The minimum atomic E-state index is -5.05. The van der Waals surface area contributed by atoms with Crippen molar-refractivity contribution in [3.63, 3.8) is 0 Å². The second-order valence-corrected chi connectivity index (χ2v) is 10.1. The third kappa shape index (κ3) is 6.84. The van der Waals surface area contributed by atoms with Crippen LogP contribution in [0, 0.1) is 0 Å². The van der Waals surface area contributed by atoms with Crippen LogP contribution in [0.25, 0.3) is 0 Å². The molecule has 1 unspecified atom stereocenters. The predicted octanol–water partition coefficient (Wildman–Crippen LogP) is 5.02. The monoisotopic (exact) mass is 559 g/mol. The number of likely N-dealkylation sites (N-methyl/N-ethyl adjacent to an activating group) is 1. The van der Waals surface area contributed by atoms with E-state index in [9.17, 15) is 35.9 Å². The number of alkyl halides is 6. The summed E-state index contributed by atoms with van der Waals surface area (Å²) in [6, 6.07) is 9.23. The van der Waals surface area contributed by atoms with E-state index in [1.165, 1.54) is 30.7 Å². The van der Waals surface area contributed by atoms with Crippen molar-refractivity contribution >= 4 is 11.9 Å². The van der Waals surface area contributed by atoms with Crippen molar-refractivity contribution in [2.75, 3.05) is 33.3 Å². The number of aliphatic hydroxyl groups excluding tert-OH is 1. The average Bonchev–Trinajstić information content (AvgIpc) is 3.33. The zero-order valence-corrected chi connectivity index (χ0v) is 21.7. The van der Waals surface area contributed by atoms with Crippen molar-refractivity contribution < 1.29 is 41.0 Å². The summed E-state index contributed by atoms with van der Waals surface area (Å²) in [7, 11) is 1.44. The minimum absolute atomic E-state index is 0.0312. The van der Waals surface area contributed by atoms with Crippen molar-refractivity contribution in [1.29, 1.82) is 0 Å². The number of aliphatic hydroxyl groups is 1. The second kappa shape index (κ2) is 11.4. The van der Waals surface area contributed by atoms with Crippen LogP contribution in [0.3, 0.4) is 0 Å². The van der Waals surface area contributed by atoms with E-state index in [1.54, 1.807) is 18.2 Å². The largest absolute Gasteiger partial charge is 0.416 e. The number of carbonyl (C=O) groups is 2. The molecule has 2 aromatic carbocycles. The van der Waals surface area contributed by atoms with Gasteiger partial charge in [0.25, 0.3) is 0 Å². The number of nitrogens with one attached hydrogen (secondary N) is 1. The molecule has 1 aliphatic rings. The molecule has 39 heavy (non-hydrogen) atoms. The summed E-state index contributed by atoms with van der Waals surface area (Å²) in [6.07, 6.45) is -9.74. The third-order valence-corrected chi connectivity index (χ3v) is 7.08. The Hall–Kier alpha value is -3.28. The third-order valence-electron chi connectivity index (χ3n) is 7.08. The molecule has 0 saturated carbocycles. The van der Waals surface area contributed by atoms with Gasteiger partial charge in [-0.05, 0) is 49.6 Å². The fourth-order valence-corrected chi connectivity index (χ4v) is 4.79. The van der Waals surface area contributed by atoms with Crippen molar-refractivity contribution in [3.8, 4) is 0 Å². The van der Waals surface area contributed by atoms with Gasteiger partial charge in [-0.3, -0.25) is 4.79 Å². The van der Waals surface area contributed by atoms with E-state index in [4.69, 9.17) is 5.11 Å². The molecule has 2 atom stereocenters. The molecule has 0 spiro atoms. The second-order valence-electron chi connectivity index (χ2n) is 10.1. The molecular weight excluding hydrogens is 528 g/mol. The van der Waals surface area contributed by atoms with E-state index >= 15 is 0 Å². The number of nitrogens with zero attached hydrogens (tertiary/aromatic N) is 2. The van der Waals surface area contributed by atoms with E-state index < -0.39 is 52.4 Å². The van der Waals surface area contributed by atoms with Gasteiger partial charge in [0.05, 0.1) is 22.6 Å². The van der Waals surface area contributed by atoms with Crippen LogP contribution in [0.1, 0.15) is 48.4 Å². The quantitative estimate of drug-likeness (QED) is 0.370. The van der Waals surface area contributed by atoms with Crippen molar-refractivity contribution in [2.24, 2.45) is 0 Å². The van der Waals surface area contributed by atoms with Crippen LogP contribution in [0.15, 0.2) is 48.5 Å². The van der Waals surface area contributed by atoms with Gasteiger partial charge in [0.2, 0.25) is 5.91 Å². The maximum Gasteiger partial charge on any atom is 0.416 e. The smallest absolute Gasteiger partial charge is 0.396 e. The van der Waals surface area contributed by atoms with Crippen molar-refractivity contribution in [2.45, 2.75) is 50.0 Å². The lowest BCUT2D eigenvalue weighted by Crippen LogP contribution is -2.49. The van der Waals surface area contributed by atoms with Gasteiger partial charge in [0, 0.05) is 39.2 Å². The Morgan fingerprint density at radius 3 is 2.00 bits per heavy atom. The molecule has 0 bridgehead atoms. The number of rotatable bonds is 7. The number of hydrogen-bond acceptors (Lipinski definition) is 3. The lowest BCUT2D eigenvalue weighted by Gasteiger charge is -2.36. The molecule has 0 aromatic heterocycles. The molecular formula is C27H31F6N3O3. The fraction of sp³-hybridized carbons (Fsp3) is 0.481. The first-order valence-electron chi connectivity index (χ1n) is 12.3. The Balaban J connectivity index is 1.96. The maximum absolute atomic E-state index is 13.8. The summed E-state index contributed by atoms with van der Waals surface area (Å²) in [6.45, 7) is 3.04. The van der Waals surface area contributed by atoms with Gasteiger partial charge in [-0.25, -0.2) is 4.79 Å². The average molecular weight is 560 g/mol. The van der Waals surface area contributed by atoms with Gasteiger partial charge in [0.15, 0.2) is 0 Å². The lowest BCUT2D eigenvalue weighted by atomic mass is 9.80. The van der Waals surface area contributed by atoms with Crippen LogP contribution in [0.4, 0.5) is 31.1 Å². The first kappa shape index (κ1) is 30.3. The van der Waals surface area contributed by atoms with E-state index in [0.29, 0.717) is 18.6 Å². The first-order chi connectivity index (χ1) is 18.1. The zero-order chi connectivity index (χ0) is 29.2. The van der Waals surface area contributed by atoms with Crippen LogP contribution >= 0.6 is 0 Å². The summed E-state index contributed by atoms with van der Waals surface area (Å²) >= 11 is 0. The Morgan fingerprint density at radius 1 is 0.949 bits per heavy atom. The highest BCUT2D eigenvalue weighted by atomic mass is 19.4. The summed E-state index contributed by atoms with van der Waals surface area (Å²) in [5.74, 6) is -1.05. The molecule has 2 aromatic rings. The summed E-state index contributed by atoms with van der Waals surface area (Å²) in [5, 5.41) is 11.7. The number of halogens is 6. The predicted molar refractivity (Wildman–Crippen MR) is 132 cm³/mol. The molecule has 6 nitrogen and oxygen atoms in total. The van der Waals surface area contributed by atoms with Gasteiger partial charge in [-0.1, -0.05) is 30.3 Å². The Kier molecular flexibility index (Phi) is 8.88. The van der Waals surface area contributed by atoms with Crippen LogP contribution < -0.4 is 5.32 Å². The van der Waals surface area contributed by atoms with Gasteiger partial charge in [-0.2, -0.15) is 26.3 Å². The highest BCUT2D eigenvalue weighted by molar-refractivity contribution is 5.88. The lowest BCUT2D eigenvalue weighted by molar-refractivity contribution is -0.144. The maximum atomic E-state index is 13.8. The zero-order valence-electron chi connectivity index (χ0n) is 21.7. The molecule has 3 amide bonds. The first-order valence-corrected chi connectivity index (χ1v) is 12.3. The number of carbonyl (C=O) groups excluding carboxylic acids is 2. The Bertz CT molecular complexity index is 1140. The number of urea groups is 1. The molecule has 12 heteroatoms.